The van der Waals surface area contributed by atoms with E-state index in [0.29, 0.717) is 24.5 Å². The molecule has 2 aromatic carbocycles. The zero-order valence-electron chi connectivity index (χ0n) is 16.9. The summed E-state index contributed by atoms with van der Waals surface area (Å²) in [6.45, 7) is 6.62. The Labute approximate surface area is 171 Å². The zero-order valence-corrected chi connectivity index (χ0v) is 16.9. The van der Waals surface area contributed by atoms with E-state index in [2.05, 4.69) is 49.5 Å². The third-order valence-electron chi connectivity index (χ3n) is 4.71. The second kappa shape index (κ2) is 8.77. The number of hydrogen-bond donors (Lipinski definition) is 2. The molecule has 7 nitrogen and oxygen atoms in total. The van der Waals surface area contributed by atoms with Crippen LogP contribution in [0.5, 0.6) is 5.75 Å². The second-order valence-corrected chi connectivity index (χ2v) is 7.05. The first-order chi connectivity index (χ1) is 14.2. The molecule has 2 heterocycles. The minimum absolute atomic E-state index is 0.515. The average Bonchev–Trinajstić information content (AvgIpc) is 3.25. The van der Waals surface area contributed by atoms with Crippen molar-refractivity contribution in [1.29, 1.82) is 0 Å². The van der Waals surface area contributed by atoms with Gasteiger partial charge >= 0.3 is 0 Å². The predicted molar refractivity (Wildman–Crippen MR) is 117 cm³/mol. The fraction of sp³-hybridized carbons (Fsp3) is 0.318. The number of aromatic nitrogens is 3. The van der Waals surface area contributed by atoms with Crippen LogP contribution in [0.2, 0.25) is 0 Å². The van der Waals surface area contributed by atoms with Gasteiger partial charge < -0.3 is 20.3 Å². The molecular weight excluding hydrogens is 364 g/mol. The van der Waals surface area contributed by atoms with Crippen LogP contribution >= 0.6 is 0 Å². The van der Waals surface area contributed by atoms with Crippen LogP contribution in [0.1, 0.15) is 25.3 Å². The lowest BCUT2D eigenvalue weighted by molar-refractivity contribution is 0.340. The highest BCUT2D eigenvalue weighted by Crippen LogP contribution is 2.24. The van der Waals surface area contributed by atoms with Crippen LogP contribution in [0.15, 0.2) is 48.5 Å². The van der Waals surface area contributed by atoms with E-state index in [1.165, 1.54) is 5.56 Å². The molecule has 0 amide bonds. The van der Waals surface area contributed by atoms with Gasteiger partial charge in [-0.05, 0) is 68.7 Å². The summed E-state index contributed by atoms with van der Waals surface area (Å²) in [4.78, 5) is 16.1. The first-order valence-corrected chi connectivity index (χ1v) is 10.0. The van der Waals surface area contributed by atoms with Crippen LogP contribution in [-0.4, -0.2) is 34.6 Å². The fourth-order valence-corrected chi connectivity index (χ4v) is 3.32. The Bertz CT molecular complexity index is 954. The van der Waals surface area contributed by atoms with E-state index in [1.807, 2.05) is 43.3 Å². The van der Waals surface area contributed by atoms with Crippen molar-refractivity contribution in [2.24, 2.45) is 0 Å². The number of hydrogen-bond acceptors (Lipinski definition) is 7. The maximum atomic E-state index is 5.51. The minimum Gasteiger partial charge on any atom is -0.494 e. The SMILES string of the molecule is CCOc1ccc(Nc2nc(Nc3cccc(C)c3)nc(N3CCCC3)n2)cc1. The molecule has 1 aromatic heterocycles. The Morgan fingerprint density at radius 2 is 1.59 bits per heavy atom. The van der Waals surface area contributed by atoms with Crippen LogP contribution in [-0.2, 0) is 0 Å². The Balaban J connectivity index is 1.60. The largest absolute Gasteiger partial charge is 0.494 e. The van der Waals surface area contributed by atoms with Gasteiger partial charge in [-0.2, -0.15) is 15.0 Å². The molecule has 0 atom stereocenters. The van der Waals surface area contributed by atoms with Crippen LogP contribution in [0, 0.1) is 6.92 Å². The lowest BCUT2D eigenvalue weighted by Gasteiger charge is -2.17. The number of nitrogens with zero attached hydrogens (tertiary/aromatic N) is 4. The van der Waals surface area contributed by atoms with Crippen LogP contribution < -0.4 is 20.3 Å². The maximum Gasteiger partial charge on any atom is 0.233 e. The molecule has 7 heteroatoms. The summed E-state index contributed by atoms with van der Waals surface area (Å²) < 4.78 is 5.51. The first-order valence-electron chi connectivity index (χ1n) is 10.0. The van der Waals surface area contributed by atoms with Gasteiger partial charge in [-0.3, -0.25) is 0 Å². The number of benzene rings is 2. The van der Waals surface area contributed by atoms with Crippen molar-refractivity contribution < 1.29 is 4.74 Å². The minimum atomic E-state index is 0.515. The van der Waals surface area contributed by atoms with E-state index in [1.54, 1.807) is 0 Å². The zero-order chi connectivity index (χ0) is 20.1. The van der Waals surface area contributed by atoms with Gasteiger partial charge in [-0.25, -0.2) is 0 Å². The number of aryl methyl sites for hydroxylation is 1. The molecule has 1 saturated heterocycles. The third kappa shape index (κ3) is 4.93. The smallest absolute Gasteiger partial charge is 0.233 e. The summed E-state index contributed by atoms with van der Waals surface area (Å²) in [6, 6.07) is 15.9. The molecule has 0 unspecified atom stereocenters. The van der Waals surface area contributed by atoms with Crippen molar-refractivity contribution in [2.75, 3.05) is 35.2 Å². The van der Waals surface area contributed by atoms with Gasteiger partial charge in [-0.1, -0.05) is 12.1 Å². The van der Waals surface area contributed by atoms with Gasteiger partial charge in [-0.15, -0.1) is 0 Å². The van der Waals surface area contributed by atoms with E-state index < -0.39 is 0 Å². The number of anilines is 5. The summed E-state index contributed by atoms with van der Waals surface area (Å²) in [5.41, 5.74) is 3.03. The quantitative estimate of drug-likeness (QED) is 0.607. The number of rotatable bonds is 7. The standard InChI is InChI=1S/C22H26N6O/c1-3-29-19-11-9-17(10-12-19)23-20-25-21(24-18-8-6-7-16(2)15-18)27-22(26-20)28-13-4-5-14-28/h6-12,15H,3-5,13-14H2,1-2H3,(H2,23,24,25,26,27). The summed E-state index contributed by atoms with van der Waals surface area (Å²) in [5, 5.41) is 6.60. The van der Waals surface area contributed by atoms with Crippen LogP contribution in [0.3, 0.4) is 0 Å². The highest BCUT2D eigenvalue weighted by Gasteiger charge is 2.17. The predicted octanol–water partition coefficient (Wildman–Crippen LogP) is 4.67. The Kier molecular flexibility index (Phi) is 5.74. The molecule has 1 fully saturated rings. The summed E-state index contributed by atoms with van der Waals surface area (Å²) in [7, 11) is 0. The van der Waals surface area contributed by atoms with E-state index in [0.717, 1.165) is 43.1 Å². The molecule has 0 aliphatic carbocycles. The molecule has 0 saturated carbocycles. The third-order valence-corrected chi connectivity index (χ3v) is 4.71. The Morgan fingerprint density at radius 3 is 2.24 bits per heavy atom. The van der Waals surface area contributed by atoms with E-state index in [9.17, 15) is 0 Å². The first kappa shape index (κ1) is 19.0. The lowest BCUT2D eigenvalue weighted by Crippen LogP contribution is -2.21. The van der Waals surface area contributed by atoms with E-state index in [-0.39, 0.29) is 0 Å². The van der Waals surface area contributed by atoms with Crippen molar-refractivity contribution in [3.05, 3.63) is 54.1 Å². The van der Waals surface area contributed by atoms with Crippen molar-refractivity contribution in [2.45, 2.75) is 26.7 Å². The van der Waals surface area contributed by atoms with Gasteiger partial charge in [0.2, 0.25) is 17.8 Å². The molecule has 2 N–H and O–H groups in total. The molecule has 1 aliphatic rings. The molecule has 1 aliphatic heterocycles. The van der Waals surface area contributed by atoms with Crippen LogP contribution in [0.25, 0.3) is 0 Å². The lowest BCUT2D eigenvalue weighted by atomic mass is 10.2. The molecular formula is C22H26N6O. The number of nitrogens with one attached hydrogen (secondary N) is 2. The summed E-state index contributed by atoms with van der Waals surface area (Å²) >= 11 is 0. The monoisotopic (exact) mass is 390 g/mol. The van der Waals surface area contributed by atoms with Crippen LogP contribution in [0.4, 0.5) is 29.2 Å². The molecule has 0 bridgehead atoms. The molecule has 150 valence electrons. The summed E-state index contributed by atoms with van der Waals surface area (Å²) in [5.74, 6) is 2.58. The second-order valence-electron chi connectivity index (χ2n) is 7.05. The molecule has 0 radical (unpaired) electrons. The van der Waals surface area contributed by atoms with E-state index in [4.69, 9.17) is 4.74 Å². The van der Waals surface area contributed by atoms with Crippen molar-refractivity contribution >= 4 is 29.2 Å². The topological polar surface area (TPSA) is 75.2 Å². The van der Waals surface area contributed by atoms with E-state index >= 15 is 0 Å². The Morgan fingerprint density at radius 1 is 0.897 bits per heavy atom. The van der Waals surface area contributed by atoms with Gasteiger partial charge in [0.1, 0.15) is 5.75 Å². The summed E-state index contributed by atoms with van der Waals surface area (Å²) in [6.07, 6.45) is 2.32. The molecule has 4 rings (SSSR count). The maximum absolute atomic E-state index is 5.51. The highest BCUT2D eigenvalue weighted by atomic mass is 16.5. The molecule has 29 heavy (non-hydrogen) atoms. The van der Waals surface area contributed by atoms with Gasteiger partial charge in [0.15, 0.2) is 0 Å². The molecule has 0 spiro atoms. The fourth-order valence-electron chi connectivity index (χ4n) is 3.32. The van der Waals surface area contributed by atoms with Gasteiger partial charge in [0.25, 0.3) is 0 Å². The average molecular weight is 390 g/mol. The van der Waals surface area contributed by atoms with Crippen molar-refractivity contribution in [1.82, 2.24) is 15.0 Å². The molecule has 3 aromatic rings. The number of ether oxygens (including phenoxy) is 1. The Hall–Kier alpha value is -3.35. The highest BCUT2D eigenvalue weighted by molar-refractivity contribution is 5.60. The normalized spacial score (nSPS) is 13.4. The van der Waals surface area contributed by atoms with Crippen molar-refractivity contribution in [3.8, 4) is 5.75 Å². The van der Waals surface area contributed by atoms with Gasteiger partial charge in [0.05, 0.1) is 6.61 Å². The van der Waals surface area contributed by atoms with Crippen molar-refractivity contribution in [3.63, 3.8) is 0 Å². The van der Waals surface area contributed by atoms with Gasteiger partial charge in [0, 0.05) is 24.5 Å².